The minimum atomic E-state index is -0.271. The van der Waals surface area contributed by atoms with Crippen molar-refractivity contribution in [3.05, 3.63) is 81.7 Å². The zero-order chi connectivity index (χ0) is 24.2. The van der Waals surface area contributed by atoms with Gasteiger partial charge in [-0.3, -0.25) is 9.69 Å². The van der Waals surface area contributed by atoms with Crippen LogP contribution in [0.4, 0.5) is 4.39 Å². The molecule has 1 fully saturated rings. The maximum Gasteiger partial charge on any atom is 0.252 e. The topological polar surface area (TPSA) is 88.9 Å². The van der Waals surface area contributed by atoms with Crippen molar-refractivity contribution in [2.24, 2.45) is 0 Å². The first-order chi connectivity index (χ1) is 17.1. The van der Waals surface area contributed by atoms with Crippen LogP contribution in [0.5, 0.6) is 5.75 Å². The monoisotopic (exact) mass is 476 g/mol. The quantitative estimate of drug-likeness (QED) is 0.392. The lowest BCUT2D eigenvalue weighted by molar-refractivity contribution is 0.172. The van der Waals surface area contributed by atoms with E-state index in [9.17, 15) is 9.18 Å². The average molecular weight is 477 g/mol. The number of nitrogens with one attached hydrogen (secondary N) is 1. The average Bonchev–Trinajstić information content (AvgIpc) is 3.54. The van der Waals surface area contributed by atoms with E-state index in [1.165, 1.54) is 25.0 Å². The second-order valence-corrected chi connectivity index (χ2v) is 9.03. The molecule has 35 heavy (non-hydrogen) atoms. The summed E-state index contributed by atoms with van der Waals surface area (Å²) >= 11 is 0. The molecule has 8 nitrogen and oxygen atoms in total. The van der Waals surface area contributed by atoms with Crippen LogP contribution in [0.15, 0.2) is 53.3 Å². The Kier molecular flexibility index (Phi) is 6.85. The number of hydrogen-bond donors (Lipinski definition) is 1. The minimum Gasteiger partial charge on any atom is -0.494 e. The van der Waals surface area contributed by atoms with Crippen LogP contribution in [-0.4, -0.2) is 42.7 Å². The van der Waals surface area contributed by atoms with Crippen molar-refractivity contribution in [1.82, 2.24) is 30.1 Å². The first-order valence-electron chi connectivity index (χ1n) is 12.1. The van der Waals surface area contributed by atoms with Crippen LogP contribution >= 0.6 is 0 Å². The van der Waals surface area contributed by atoms with Crippen molar-refractivity contribution < 1.29 is 9.13 Å². The predicted octanol–water partition coefficient (Wildman–Crippen LogP) is 4.05. The van der Waals surface area contributed by atoms with Crippen molar-refractivity contribution in [3.63, 3.8) is 0 Å². The summed E-state index contributed by atoms with van der Waals surface area (Å²) in [5, 5.41) is 13.3. The highest BCUT2D eigenvalue weighted by molar-refractivity contribution is 5.80. The lowest BCUT2D eigenvalue weighted by Crippen LogP contribution is -2.35. The number of aromatic amines is 1. The maximum absolute atomic E-state index is 13.3. The molecule has 0 unspecified atom stereocenters. The number of tetrazole rings is 1. The molecule has 1 N–H and O–H groups in total. The zero-order valence-electron chi connectivity index (χ0n) is 19.8. The molecule has 0 saturated heterocycles. The van der Waals surface area contributed by atoms with Gasteiger partial charge in [0.25, 0.3) is 5.56 Å². The third-order valence-electron chi connectivity index (χ3n) is 6.61. The van der Waals surface area contributed by atoms with Gasteiger partial charge in [-0.1, -0.05) is 25.0 Å². The van der Waals surface area contributed by atoms with E-state index in [-0.39, 0.29) is 11.4 Å². The number of hydrogen-bond acceptors (Lipinski definition) is 6. The van der Waals surface area contributed by atoms with Gasteiger partial charge in [-0.25, -0.2) is 9.07 Å². The van der Waals surface area contributed by atoms with E-state index in [2.05, 4.69) is 25.4 Å². The predicted molar refractivity (Wildman–Crippen MR) is 131 cm³/mol. The van der Waals surface area contributed by atoms with Crippen LogP contribution in [0.3, 0.4) is 0 Å². The molecule has 2 aromatic carbocycles. The Morgan fingerprint density at radius 3 is 2.69 bits per heavy atom. The molecule has 0 atom stereocenters. The van der Waals surface area contributed by atoms with Crippen molar-refractivity contribution in [2.75, 3.05) is 6.61 Å². The normalized spacial score (nSPS) is 14.3. The molecule has 0 aliphatic heterocycles. The molecule has 0 bridgehead atoms. The summed E-state index contributed by atoms with van der Waals surface area (Å²) < 4.78 is 20.7. The van der Waals surface area contributed by atoms with Gasteiger partial charge in [0.2, 0.25) is 0 Å². The number of H-pyrrole nitrogens is 1. The van der Waals surface area contributed by atoms with E-state index >= 15 is 0 Å². The molecule has 2 heterocycles. The highest BCUT2D eigenvalue weighted by Crippen LogP contribution is 2.27. The molecule has 0 amide bonds. The van der Waals surface area contributed by atoms with Crippen LogP contribution < -0.4 is 10.3 Å². The van der Waals surface area contributed by atoms with Crippen LogP contribution in [0.2, 0.25) is 0 Å². The van der Waals surface area contributed by atoms with E-state index in [4.69, 9.17) is 4.74 Å². The van der Waals surface area contributed by atoms with Gasteiger partial charge in [-0.05, 0) is 72.2 Å². The second kappa shape index (κ2) is 10.4. The molecule has 0 radical (unpaired) electrons. The Balaban J connectivity index is 1.41. The SMILES string of the molecule is CCOc1ccc2[nH]c(=O)c(CN(Cc3nnnn3Cc3ccc(F)cc3)C3CCCC3)cc2c1. The number of pyridine rings is 1. The van der Waals surface area contributed by atoms with Crippen LogP contribution in [0, 0.1) is 5.82 Å². The van der Waals surface area contributed by atoms with Gasteiger partial charge in [0, 0.05) is 29.1 Å². The second-order valence-electron chi connectivity index (χ2n) is 9.03. The summed E-state index contributed by atoms with van der Waals surface area (Å²) in [5.74, 6) is 1.23. The zero-order valence-corrected chi connectivity index (χ0v) is 19.8. The molecule has 4 aromatic rings. The van der Waals surface area contributed by atoms with Crippen molar-refractivity contribution >= 4 is 10.9 Å². The number of benzene rings is 2. The summed E-state index contributed by atoms with van der Waals surface area (Å²) in [7, 11) is 0. The molecular formula is C26H29FN6O2. The third-order valence-corrected chi connectivity index (χ3v) is 6.61. The van der Waals surface area contributed by atoms with Crippen molar-refractivity contribution in [1.29, 1.82) is 0 Å². The fourth-order valence-corrected chi connectivity index (χ4v) is 4.81. The Morgan fingerprint density at radius 1 is 1.11 bits per heavy atom. The van der Waals surface area contributed by atoms with E-state index in [1.807, 2.05) is 31.2 Å². The van der Waals surface area contributed by atoms with E-state index < -0.39 is 0 Å². The van der Waals surface area contributed by atoms with Gasteiger partial charge < -0.3 is 9.72 Å². The Labute approximate surface area is 202 Å². The van der Waals surface area contributed by atoms with Gasteiger partial charge in [0.15, 0.2) is 5.82 Å². The highest BCUT2D eigenvalue weighted by atomic mass is 19.1. The fraction of sp³-hybridized carbons (Fsp3) is 0.385. The molecule has 1 aliphatic rings. The number of halogens is 1. The Hall–Kier alpha value is -3.59. The van der Waals surface area contributed by atoms with E-state index in [0.29, 0.717) is 37.8 Å². The van der Waals surface area contributed by atoms with E-state index in [0.717, 1.165) is 40.9 Å². The number of ether oxygens (including phenoxy) is 1. The Bertz CT molecular complexity index is 1340. The maximum atomic E-state index is 13.3. The van der Waals surface area contributed by atoms with Gasteiger partial charge in [-0.15, -0.1) is 5.10 Å². The first-order valence-corrected chi connectivity index (χ1v) is 12.1. The fourth-order valence-electron chi connectivity index (χ4n) is 4.81. The number of rotatable bonds is 9. The largest absolute Gasteiger partial charge is 0.494 e. The summed E-state index contributed by atoms with van der Waals surface area (Å²) in [5.41, 5.74) is 2.33. The highest BCUT2D eigenvalue weighted by Gasteiger charge is 2.25. The van der Waals surface area contributed by atoms with Crippen LogP contribution in [-0.2, 0) is 19.6 Å². The standard InChI is InChI=1S/C26H29FN6O2/c1-2-35-23-11-12-24-19(14-23)13-20(26(34)28-24)16-32(22-5-3-4-6-22)17-25-29-30-31-33(25)15-18-7-9-21(27)10-8-18/h7-14,22H,2-6,15-17H2,1H3,(H,28,34). The Morgan fingerprint density at radius 2 is 1.91 bits per heavy atom. The number of aromatic nitrogens is 5. The van der Waals surface area contributed by atoms with Gasteiger partial charge in [0.05, 0.1) is 19.7 Å². The van der Waals surface area contributed by atoms with Gasteiger partial charge in [-0.2, -0.15) is 0 Å². The molecule has 5 rings (SSSR count). The summed E-state index contributed by atoms with van der Waals surface area (Å²) in [6.07, 6.45) is 4.51. The van der Waals surface area contributed by atoms with Gasteiger partial charge >= 0.3 is 0 Å². The molecule has 2 aromatic heterocycles. The summed E-state index contributed by atoms with van der Waals surface area (Å²) in [4.78, 5) is 18.3. The third kappa shape index (κ3) is 5.40. The minimum absolute atomic E-state index is 0.0874. The smallest absolute Gasteiger partial charge is 0.252 e. The van der Waals surface area contributed by atoms with Crippen LogP contribution in [0.25, 0.3) is 10.9 Å². The van der Waals surface area contributed by atoms with E-state index in [1.54, 1.807) is 16.8 Å². The lowest BCUT2D eigenvalue weighted by Gasteiger charge is -2.28. The first kappa shape index (κ1) is 23.2. The molecule has 1 saturated carbocycles. The van der Waals surface area contributed by atoms with Crippen molar-refractivity contribution in [3.8, 4) is 5.75 Å². The van der Waals surface area contributed by atoms with Crippen molar-refractivity contribution in [2.45, 2.75) is 58.3 Å². The van der Waals surface area contributed by atoms with Gasteiger partial charge in [0.1, 0.15) is 11.6 Å². The lowest BCUT2D eigenvalue weighted by atomic mass is 10.1. The number of nitrogens with zero attached hydrogens (tertiary/aromatic N) is 5. The number of fused-ring (bicyclic) bond motifs is 1. The molecule has 1 aliphatic carbocycles. The molecule has 182 valence electrons. The summed E-state index contributed by atoms with van der Waals surface area (Å²) in [6.45, 7) is 4.01. The molecule has 9 heteroatoms. The molecular weight excluding hydrogens is 447 g/mol. The van der Waals surface area contributed by atoms with Crippen LogP contribution in [0.1, 0.15) is 49.6 Å². The molecule has 0 spiro atoms. The summed E-state index contributed by atoms with van der Waals surface area (Å²) in [6, 6.07) is 14.4.